The van der Waals surface area contributed by atoms with Crippen molar-refractivity contribution in [3.63, 3.8) is 0 Å². The van der Waals surface area contributed by atoms with Crippen LogP contribution in [-0.4, -0.2) is 22.0 Å². The van der Waals surface area contributed by atoms with Gasteiger partial charge >= 0.3 is 5.97 Å². The lowest BCUT2D eigenvalue weighted by Gasteiger charge is -2.08. The van der Waals surface area contributed by atoms with Gasteiger partial charge in [0.05, 0.1) is 11.7 Å². The van der Waals surface area contributed by atoms with Gasteiger partial charge in [0.1, 0.15) is 0 Å². The predicted molar refractivity (Wildman–Crippen MR) is 91.3 cm³/mol. The molecule has 23 heavy (non-hydrogen) atoms. The highest BCUT2D eigenvalue weighted by Gasteiger charge is 2.20. The van der Waals surface area contributed by atoms with E-state index in [0.717, 1.165) is 20.9 Å². The first-order valence-corrected chi connectivity index (χ1v) is 8.12. The predicted octanol–water partition coefficient (Wildman–Crippen LogP) is 4.44. The third-order valence-corrected chi connectivity index (χ3v) is 4.44. The molecular weight excluding hydrogens is 308 g/mol. The second-order valence-corrected chi connectivity index (χ2v) is 6.33. The Hall–Kier alpha value is -2.53. The lowest BCUT2D eigenvalue weighted by atomic mass is 10.1. The molecule has 0 aliphatic carbocycles. The second-order valence-electron chi connectivity index (χ2n) is 5.28. The van der Waals surface area contributed by atoms with Crippen molar-refractivity contribution in [3.8, 4) is 20.9 Å². The van der Waals surface area contributed by atoms with E-state index in [2.05, 4.69) is 9.97 Å². The number of rotatable bonds is 4. The summed E-state index contributed by atoms with van der Waals surface area (Å²) in [6, 6.07) is 9.54. The maximum Gasteiger partial charge on any atom is 0.339 e. The summed E-state index contributed by atoms with van der Waals surface area (Å²) >= 11 is 1.56. The molecule has 0 saturated carbocycles. The number of thiophene rings is 1. The van der Waals surface area contributed by atoms with Crippen molar-refractivity contribution in [1.29, 1.82) is 0 Å². The van der Waals surface area contributed by atoms with Gasteiger partial charge in [-0.3, -0.25) is 9.97 Å². The van der Waals surface area contributed by atoms with E-state index in [4.69, 9.17) is 4.74 Å². The smallest absolute Gasteiger partial charge is 0.339 e. The molecule has 3 aromatic heterocycles. The fourth-order valence-electron chi connectivity index (χ4n) is 2.20. The molecule has 0 unspecified atom stereocenters. The summed E-state index contributed by atoms with van der Waals surface area (Å²) in [6.45, 7) is 3.69. The maximum atomic E-state index is 12.5. The van der Waals surface area contributed by atoms with Crippen LogP contribution in [0.5, 0.6) is 0 Å². The van der Waals surface area contributed by atoms with Gasteiger partial charge in [-0.15, -0.1) is 11.3 Å². The Bertz CT molecular complexity index is 798. The van der Waals surface area contributed by atoms with Crippen molar-refractivity contribution < 1.29 is 9.53 Å². The molecule has 4 nitrogen and oxygen atoms in total. The van der Waals surface area contributed by atoms with Crippen LogP contribution < -0.4 is 0 Å². The van der Waals surface area contributed by atoms with Crippen molar-refractivity contribution in [2.75, 3.05) is 0 Å². The molecule has 0 amide bonds. The minimum Gasteiger partial charge on any atom is -0.459 e. The van der Waals surface area contributed by atoms with E-state index >= 15 is 0 Å². The molecule has 0 aliphatic rings. The van der Waals surface area contributed by atoms with Crippen LogP contribution in [0.1, 0.15) is 24.2 Å². The summed E-state index contributed by atoms with van der Waals surface area (Å²) in [5.74, 6) is -0.302. The number of ether oxygens (including phenoxy) is 1. The number of pyridine rings is 2. The molecule has 0 fully saturated rings. The molecule has 0 atom stereocenters. The van der Waals surface area contributed by atoms with Gasteiger partial charge in [-0.05, 0) is 55.3 Å². The van der Waals surface area contributed by atoms with Gasteiger partial charge < -0.3 is 4.74 Å². The number of aromatic nitrogens is 2. The van der Waals surface area contributed by atoms with Crippen LogP contribution in [0.4, 0.5) is 0 Å². The van der Waals surface area contributed by atoms with Crippen LogP contribution in [-0.2, 0) is 4.74 Å². The molecule has 0 saturated heterocycles. The number of nitrogens with zero attached hydrogens (tertiary/aromatic N) is 2. The molecule has 0 radical (unpaired) electrons. The van der Waals surface area contributed by atoms with Crippen molar-refractivity contribution in [2.24, 2.45) is 0 Å². The fraction of sp³-hybridized carbons (Fsp3) is 0.167. The minimum atomic E-state index is -0.302. The Morgan fingerprint density at radius 1 is 1.00 bits per heavy atom. The fourth-order valence-corrected chi connectivity index (χ4v) is 3.35. The van der Waals surface area contributed by atoms with Crippen LogP contribution in [0.3, 0.4) is 0 Å². The largest absolute Gasteiger partial charge is 0.459 e. The number of hydrogen-bond donors (Lipinski definition) is 0. The number of carbonyl (C=O) groups is 1. The summed E-state index contributed by atoms with van der Waals surface area (Å²) in [6.07, 6.45) is 6.77. The van der Waals surface area contributed by atoms with Crippen molar-refractivity contribution in [1.82, 2.24) is 9.97 Å². The molecule has 3 heterocycles. The third-order valence-electron chi connectivity index (χ3n) is 3.20. The van der Waals surface area contributed by atoms with Gasteiger partial charge in [0.15, 0.2) is 0 Å². The van der Waals surface area contributed by atoms with Crippen LogP contribution in [0.2, 0.25) is 0 Å². The molecule has 0 spiro atoms. The van der Waals surface area contributed by atoms with Gasteiger partial charge in [-0.25, -0.2) is 4.79 Å². The first-order chi connectivity index (χ1) is 11.1. The Morgan fingerprint density at radius 3 is 2.13 bits per heavy atom. The Morgan fingerprint density at radius 2 is 1.57 bits per heavy atom. The van der Waals surface area contributed by atoms with E-state index < -0.39 is 0 Å². The van der Waals surface area contributed by atoms with Crippen LogP contribution in [0.15, 0.2) is 55.1 Å². The molecule has 3 rings (SSSR count). The molecule has 116 valence electrons. The Balaban J connectivity index is 2.09. The van der Waals surface area contributed by atoms with Crippen LogP contribution in [0, 0.1) is 0 Å². The zero-order valence-corrected chi connectivity index (χ0v) is 13.7. The Kier molecular flexibility index (Phi) is 4.48. The van der Waals surface area contributed by atoms with Crippen molar-refractivity contribution >= 4 is 17.3 Å². The topological polar surface area (TPSA) is 52.1 Å². The summed E-state index contributed by atoms with van der Waals surface area (Å²) in [5, 5.41) is 0. The second kappa shape index (κ2) is 6.71. The normalized spacial score (nSPS) is 10.7. The van der Waals surface area contributed by atoms with Gasteiger partial charge in [-0.2, -0.15) is 0 Å². The standard InChI is InChI=1S/C18H16N2O2S/c1-12(2)22-18(21)15-11-16(13-3-7-19-8-4-13)23-17(15)14-5-9-20-10-6-14/h3-12H,1-2H3. The van der Waals surface area contributed by atoms with Crippen molar-refractivity contribution in [3.05, 3.63) is 60.7 Å². The molecule has 0 aromatic carbocycles. The van der Waals surface area contributed by atoms with Gasteiger partial charge in [0.2, 0.25) is 0 Å². The van der Waals surface area contributed by atoms with Gasteiger partial charge in [0.25, 0.3) is 0 Å². The first kappa shape index (κ1) is 15.4. The highest BCUT2D eigenvalue weighted by atomic mass is 32.1. The third kappa shape index (κ3) is 3.46. The summed E-state index contributed by atoms with van der Waals surface area (Å²) in [4.78, 5) is 22.4. The molecule has 5 heteroatoms. The van der Waals surface area contributed by atoms with Crippen LogP contribution >= 0.6 is 11.3 Å². The van der Waals surface area contributed by atoms with Crippen LogP contribution in [0.25, 0.3) is 20.9 Å². The van der Waals surface area contributed by atoms with E-state index in [1.807, 2.05) is 44.2 Å². The zero-order valence-electron chi connectivity index (χ0n) is 12.9. The lowest BCUT2D eigenvalue weighted by molar-refractivity contribution is 0.0379. The summed E-state index contributed by atoms with van der Waals surface area (Å²) in [5.41, 5.74) is 2.58. The van der Waals surface area contributed by atoms with Crippen molar-refractivity contribution in [2.45, 2.75) is 20.0 Å². The zero-order chi connectivity index (χ0) is 16.2. The number of esters is 1. The highest BCUT2D eigenvalue weighted by molar-refractivity contribution is 7.19. The average molecular weight is 324 g/mol. The summed E-state index contributed by atoms with van der Waals surface area (Å²) < 4.78 is 5.39. The molecule has 0 bridgehead atoms. The summed E-state index contributed by atoms with van der Waals surface area (Å²) in [7, 11) is 0. The molecule has 0 aliphatic heterocycles. The lowest BCUT2D eigenvalue weighted by Crippen LogP contribution is -2.11. The quantitative estimate of drug-likeness (QED) is 0.666. The monoisotopic (exact) mass is 324 g/mol. The first-order valence-electron chi connectivity index (χ1n) is 7.31. The number of carbonyl (C=O) groups excluding carboxylic acids is 1. The Labute approximate surface area is 138 Å². The average Bonchev–Trinajstić information content (AvgIpc) is 3.01. The highest BCUT2D eigenvalue weighted by Crippen LogP contribution is 2.38. The SMILES string of the molecule is CC(C)OC(=O)c1cc(-c2ccncc2)sc1-c1ccncc1. The van der Waals surface area contributed by atoms with E-state index in [0.29, 0.717) is 5.56 Å². The number of hydrogen-bond acceptors (Lipinski definition) is 5. The maximum absolute atomic E-state index is 12.5. The molecule has 0 N–H and O–H groups in total. The van der Waals surface area contributed by atoms with E-state index in [-0.39, 0.29) is 12.1 Å². The van der Waals surface area contributed by atoms with Gasteiger partial charge in [0, 0.05) is 34.5 Å². The molecule has 3 aromatic rings. The van der Waals surface area contributed by atoms with Gasteiger partial charge in [-0.1, -0.05) is 0 Å². The van der Waals surface area contributed by atoms with E-state index in [1.54, 1.807) is 36.1 Å². The van der Waals surface area contributed by atoms with E-state index in [9.17, 15) is 4.79 Å². The molecular formula is C18H16N2O2S. The van der Waals surface area contributed by atoms with E-state index in [1.165, 1.54) is 0 Å². The minimum absolute atomic E-state index is 0.155.